The summed E-state index contributed by atoms with van der Waals surface area (Å²) in [6.07, 6.45) is 4.89. The van der Waals surface area contributed by atoms with Crippen LogP contribution in [0.2, 0.25) is 0 Å². The van der Waals surface area contributed by atoms with Gasteiger partial charge < -0.3 is 14.8 Å². The summed E-state index contributed by atoms with van der Waals surface area (Å²) in [5, 5.41) is 6.53. The maximum absolute atomic E-state index is 12.7. The van der Waals surface area contributed by atoms with Crippen LogP contribution >= 0.6 is 23.6 Å². The van der Waals surface area contributed by atoms with Crippen LogP contribution in [0, 0.1) is 5.92 Å². The van der Waals surface area contributed by atoms with Crippen molar-refractivity contribution >= 4 is 45.5 Å². The maximum atomic E-state index is 12.7. The molecule has 0 spiro atoms. The van der Waals surface area contributed by atoms with E-state index in [0.29, 0.717) is 41.0 Å². The number of aryl methyl sites for hydroxylation is 1. The number of hydrogen-bond acceptors (Lipinski definition) is 6. The number of benzene rings is 1. The predicted octanol–water partition coefficient (Wildman–Crippen LogP) is 5.36. The first-order valence-corrected chi connectivity index (χ1v) is 12.3. The lowest BCUT2D eigenvalue weighted by Crippen LogP contribution is -2.34. The minimum atomic E-state index is -0.352. The standard InChI is InChI=1S/C24H30N2O4S2/c1-4-29-23(28)20-18-10-5-6-11-19(18)32-22(20)26-24(31)25-21(27)16-8-7-9-17(14-16)30-13-12-15(2)3/h7-9,14-15H,4-6,10-13H2,1-3H3,(H2,25,26,27,31). The number of fused-ring (bicyclic) bond motifs is 1. The molecule has 8 heteroatoms. The molecule has 1 amide bonds. The molecule has 0 fully saturated rings. The number of carbonyl (C=O) groups is 2. The van der Waals surface area contributed by atoms with Crippen LogP contribution in [-0.4, -0.2) is 30.2 Å². The number of esters is 1. The lowest BCUT2D eigenvalue weighted by Gasteiger charge is -2.13. The van der Waals surface area contributed by atoms with Gasteiger partial charge in [0.25, 0.3) is 5.91 Å². The van der Waals surface area contributed by atoms with Crippen molar-refractivity contribution in [3.8, 4) is 5.75 Å². The lowest BCUT2D eigenvalue weighted by atomic mass is 9.95. The largest absolute Gasteiger partial charge is 0.494 e. The zero-order valence-corrected chi connectivity index (χ0v) is 20.4. The number of rotatable bonds is 8. The molecule has 32 heavy (non-hydrogen) atoms. The quantitative estimate of drug-likeness (QED) is 0.396. The van der Waals surface area contributed by atoms with Gasteiger partial charge in [0.2, 0.25) is 0 Å². The summed E-state index contributed by atoms with van der Waals surface area (Å²) in [6, 6.07) is 7.02. The number of carbonyl (C=O) groups excluding carboxylic acids is 2. The van der Waals surface area contributed by atoms with E-state index in [1.807, 2.05) is 6.07 Å². The fourth-order valence-corrected chi connectivity index (χ4v) is 5.06. The third-order valence-electron chi connectivity index (χ3n) is 5.17. The monoisotopic (exact) mass is 474 g/mol. The Morgan fingerprint density at radius 1 is 1.22 bits per heavy atom. The molecule has 0 saturated heterocycles. The molecule has 0 saturated carbocycles. The number of amides is 1. The van der Waals surface area contributed by atoms with Gasteiger partial charge in [0.15, 0.2) is 5.11 Å². The van der Waals surface area contributed by atoms with E-state index in [-0.39, 0.29) is 17.0 Å². The zero-order chi connectivity index (χ0) is 23.1. The van der Waals surface area contributed by atoms with Crippen molar-refractivity contribution in [1.82, 2.24) is 5.32 Å². The van der Waals surface area contributed by atoms with E-state index in [4.69, 9.17) is 21.7 Å². The Morgan fingerprint density at radius 3 is 2.75 bits per heavy atom. The fraction of sp³-hybridized carbons (Fsp3) is 0.458. The molecule has 0 aliphatic heterocycles. The third kappa shape index (κ3) is 6.29. The first-order chi connectivity index (χ1) is 15.4. The number of thiocarbonyl (C=S) groups is 1. The molecule has 0 bridgehead atoms. The second kappa shape index (κ2) is 11.4. The zero-order valence-electron chi connectivity index (χ0n) is 18.8. The van der Waals surface area contributed by atoms with Crippen LogP contribution in [0.25, 0.3) is 0 Å². The Labute approximate surface area is 198 Å². The van der Waals surface area contributed by atoms with Crippen molar-refractivity contribution < 1.29 is 19.1 Å². The molecular weight excluding hydrogens is 444 g/mol. The molecule has 172 valence electrons. The van der Waals surface area contributed by atoms with Crippen LogP contribution in [0.3, 0.4) is 0 Å². The summed E-state index contributed by atoms with van der Waals surface area (Å²) in [5.74, 6) is 0.505. The van der Waals surface area contributed by atoms with Crippen LogP contribution in [0.1, 0.15) is 71.2 Å². The van der Waals surface area contributed by atoms with Crippen LogP contribution in [0.4, 0.5) is 5.00 Å². The SMILES string of the molecule is CCOC(=O)c1c(NC(=S)NC(=O)c2cccc(OCCC(C)C)c2)sc2c1CCCC2. The van der Waals surface area contributed by atoms with E-state index in [0.717, 1.165) is 37.7 Å². The predicted molar refractivity (Wildman–Crippen MR) is 132 cm³/mol. The highest BCUT2D eigenvalue weighted by molar-refractivity contribution is 7.80. The Kier molecular flexibility index (Phi) is 8.64. The molecule has 0 atom stereocenters. The highest BCUT2D eigenvalue weighted by atomic mass is 32.1. The smallest absolute Gasteiger partial charge is 0.341 e. The van der Waals surface area contributed by atoms with Gasteiger partial charge >= 0.3 is 5.97 Å². The third-order valence-corrected chi connectivity index (χ3v) is 6.58. The van der Waals surface area contributed by atoms with Crippen molar-refractivity contribution in [2.75, 3.05) is 18.5 Å². The second-order valence-electron chi connectivity index (χ2n) is 8.10. The van der Waals surface area contributed by atoms with Crippen LogP contribution in [-0.2, 0) is 17.6 Å². The minimum Gasteiger partial charge on any atom is -0.494 e. The average Bonchev–Trinajstić information content (AvgIpc) is 3.11. The molecule has 1 aliphatic carbocycles. The molecule has 6 nitrogen and oxygen atoms in total. The molecule has 1 aromatic heterocycles. The molecule has 1 heterocycles. The van der Waals surface area contributed by atoms with E-state index in [2.05, 4.69) is 24.5 Å². The highest BCUT2D eigenvalue weighted by Gasteiger charge is 2.27. The van der Waals surface area contributed by atoms with Crippen LogP contribution in [0.5, 0.6) is 5.75 Å². The molecule has 1 aromatic carbocycles. The van der Waals surface area contributed by atoms with Crippen molar-refractivity contribution in [1.29, 1.82) is 0 Å². The molecule has 0 unspecified atom stereocenters. The summed E-state index contributed by atoms with van der Waals surface area (Å²) in [6.45, 7) is 6.97. The Morgan fingerprint density at radius 2 is 2.00 bits per heavy atom. The molecular formula is C24H30N2O4S2. The fourth-order valence-electron chi connectivity index (χ4n) is 3.52. The normalized spacial score (nSPS) is 12.8. The van der Waals surface area contributed by atoms with Gasteiger partial charge in [-0.25, -0.2) is 4.79 Å². The number of nitrogens with one attached hydrogen (secondary N) is 2. The summed E-state index contributed by atoms with van der Waals surface area (Å²) >= 11 is 6.89. The molecule has 1 aliphatic rings. The van der Waals surface area contributed by atoms with Crippen molar-refractivity contribution in [3.05, 3.63) is 45.8 Å². The number of thiophene rings is 1. The number of ether oxygens (including phenoxy) is 2. The number of anilines is 1. The molecule has 3 rings (SSSR count). The summed E-state index contributed by atoms with van der Waals surface area (Å²) in [4.78, 5) is 26.5. The molecule has 2 N–H and O–H groups in total. The lowest BCUT2D eigenvalue weighted by molar-refractivity contribution is 0.0526. The van der Waals surface area contributed by atoms with Gasteiger partial charge in [-0.2, -0.15) is 0 Å². The van der Waals surface area contributed by atoms with Crippen LogP contribution in [0.15, 0.2) is 24.3 Å². The Bertz CT molecular complexity index is 984. The second-order valence-corrected chi connectivity index (χ2v) is 9.62. The van der Waals surface area contributed by atoms with Gasteiger partial charge in [0.1, 0.15) is 10.8 Å². The van der Waals surface area contributed by atoms with E-state index in [1.165, 1.54) is 16.2 Å². The molecule has 2 aromatic rings. The Balaban J connectivity index is 1.68. The van der Waals surface area contributed by atoms with E-state index < -0.39 is 0 Å². The Hall–Kier alpha value is -2.45. The topological polar surface area (TPSA) is 76.7 Å². The van der Waals surface area contributed by atoms with Crippen molar-refractivity contribution in [3.63, 3.8) is 0 Å². The highest BCUT2D eigenvalue weighted by Crippen LogP contribution is 2.38. The summed E-state index contributed by atoms with van der Waals surface area (Å²) < 4.78 is 11.0. The minimum absolute atomic E-state index is 0.144. The maximum Gasteiger partial charge on any atom is 0.341 e. The average molecular weight is 475 g/mol. The van der Waals surface area contributed by atoms with E-state index >= 15 is 0 Å². The first-order valence-electron chi connectivity index (χ1n) is 11.1. The van der Waals surface area contributed by atoms with Gasteiger partial charge in [0, 0.05) is 10.4 Å². The van der Waals surface area contributed by atoms with Crippen LogP contribution < -0.4 is 15.4 Å². The van der Waals surface area contributed by atoms with Crippen molar-refractivity contribution in [2.24, 2.45) is 5.92 Å². The summed E-state index contributed by atoms with van der Waals surface area (Å²) in [5.41, 5.74) is 2.04. The molecule has 0 radical (unpaired) electrons. The van der Waals surface area contributed by atoms with Gasteiger partial charge in [0.05, 0.1) is 18.8 Å². The van der Waals surface area contributed by atoms with E-state index in [1.54, 1.807) is 25.1 Å². The van der Waals surface area contributed by atoms with Gasteiger partial charge in [-0.3, -0.25) is 10.1 Å². The summed E-state index contributed by atoms with van der Waals surface area (Å²) in [7, 11) is 0. The van der Waals surface area contributed by atoms with Gasteiger partial charge in [-0.15, -0.1) is 11.3 Å². The van der Waals surface area contributed by atoms with E-state index in [9.17, 15) is 9.59 Å². The van der Waals surface area contributed by atoms with Crippen molar-refractivity contribution in [2.45, 2.75) is 52.9 Å². The van der Waals surface area contributed by atoms with Gasteiger partial charge in [-0.05, 0) is 80.9 Å². The number of hydrogen-bond donors (Lipinski definition) is 2. The first kappa shape index (κ1) is 24.2. The van der Waals surface area contributed by atoms with Gasteiger partial charge in [-0.1, -0.05) is 19.9 Å².